The number of carbonyl (C=O) groups is 1. The third-order valence-electron chi connectivity index (χ3n) is 3.74. The Kier molecular flexibility index (Phi) is 5.94. The molecule has 0 saturated carbocycles. The van der Waals surface area contributed by atoms with Crippen LogP contribution in [0.2, 0.25) is 5.02 Å². The summed E-state index contributed by atoms with van der Waals surface area (Å²) in [4.78, 5) is 23.7. The van der Waals surface area contributed by atoms with Gasteiger partial charge in [0.2, 0.25) is 5.91 Å². The van der Waals surface area contributed by atoms with Crippen LogP contribution in [0.3, 0.4) is 0 Å². The van der Waals surface area contributed by atoms with E-state index in [-0.39, 0.29) is 11.9 Å². The van der Waals surface area contributed by atoms with Crippen LogP contribution < -0.4 is 5.32 Å². The van der Waals surface area contributed by atoms with Gasteiger partial charge in [0, 0.05) is 12.2 Å². The number of benzene rings is 1. The molecule has 0 aliphatic carbocycles. The number of imidazole rings is 1. The largest absolute Gasteiger partial charge is 0.353 e. The molecule has 0 unspecified atom stereocenters. The Balaban J connectivity index is 1.45. The number of hydrogen-bond acceptors (Lipinski definition) is 4. The maximum absolute atomic E-state index is 12.1. The molecular formula is C18H19ClN4OS. The predicted octanol–water partition coefficient (Wildman–Crippen LogP) is 3.84. The van der Waals surface area contributed by atoms with Gasteiger partial charge < -0.3 is 10.3 Å². The van der Waals surface area contributed by atoms with Gasteiger partial charge in [-0.25, -0.2) is 9.97 Å². The first kappa shape index (κ1) is 17.8. The Morgan fingerprint density at radius 3 is 2.96 bits per heavy atom. The highest BCUT2D eigenvalue weighted by Crippen LogP contribution is 2.20. The van der Waals surface area contributed by atoms with Crippen LogP contribution in [0.1, 0.15) is 18.9 Å². The summed E-state index contributed by atoms with van der Waals surface area (Å²) in [6, 6.07) is 12.2. The minimum Gasteiger partial charge on any atom is -0.353 e. The molecule has 5 nitrogen and oxygen atoms in total. The SMILES string of the molecule is C[C@H](CCc1ccccc1)NC(=O)CSc1nc2ncc(Cl)cc2[nH]1. The van der Waals surface area contributed by atoms with Crippen molar-refractivity contribution in [1.82, 2.24) is 20.3 Å². The molecule has 0 saturated heterocycles. The number of H-pyrrole nitrogens is 1. The number of amides is 1. The van der Waals surface area contributed by atoms with Gasteiger partial charge in [0.25, 0.3) is 0 Å². The lowest BCUT2D eigenvalue weighted by Gasteiger charge is -2.13. The van der Waals surface area contributed by atoms with Crippen LogP contribution in [0.25, 0.3) is 11.2 Å². The Bertz CT molecular complexity index is 853. The minimum absolute atomic E-state index is 0.00277. The first-order valence-electron chi connectivity index (χ1n) is 8.07. The predicted molar refractivity (Wildman–Crippen MR) is 102 cm³/mol. The summed E-state index contributed by atoms with van der Waals surface area (Å²) in [6.45, 7) is 2.03. The van der Waals surface area contributed by atoms with Gasteiger partial charge in [0.15, 0.2) is 10.8 Å². The Morgan fingerprint density at radius 1 is 1.36 bits per heavy atom. The Hall–Kier alpha value is -2.05. The Labute approximate surface area is 155 Å². The summed E-state index contributed by atoms with van der Waals surface area (Å²) in [5.74, 6) is 0.306. The molecule has 3 rings (SSSR count). The number of halogens is 1. The molecule has 1 atom stereocenters. The number of aromatic nitrogens is 3. The van der Waals surface area contributed by atoms with Crippen molar-refractivity contribution >= 4 is 40.4 Å². The topological polar surface area (TPSA) is 70.7 Å². The molecule has 1 aromatic carbocycles. The zero-order chi connectivity index (χ0) is 17.6. The molecule has 3 aromatic rings. The fraction of sp³-hybridized carbons (Fsp3) is 0.278. The molecule has 25 heavy (non-hydrogen) atoms. The van der Waals surface area contributed by atoms with Crippen molar-refractivity contribution in [2.75, 3.05) is 5.75 Å². The maximum Gasteiger partial charge on any atom is 0.230 e. The number of thioether (sulfide) groups is 1. The molecule has 1 amide bonds. The van der Waals surface area contributed by atoms with Crippen LogP contribution >= 0.6 is 23.4 Å². The van der Waals surface area contributed by atoms with E-state index < -0.39 is 0 Å². The number of rotatable bonds is 7. The zero-order valence-electron chi connectivity index (χ0n) is 13.8. The van der Waals surface area contributed by atoms with Gasteiger partial charge in [0.1, 0.15) is 0 Å². The lowest BCUT2D eigenvalue weighted by molar-refractivity contribution is -0.119. The van der Waals surface area contributed by atoms with E-state index in [1.165, 1.54) is 17.3 Å². The summed E-state index contributed by atoms with van der Waals surface area (Å²) in [7, 11) is 0. The number of hydrogen-bond donors (Lipinski definition) is 2. The number of aryl methyl sites for hydroxylation is 1. The normalized spacial score (nSPS) is 12.2. The third-order valence-corrected chi connectivity index (χ3v) is 4.82. The van der Waals surface area contributed by atoms with Crippen LogP contribution in [0.5, 0.6) is 0 Å². The van der Waals surface area contributed by atoms with Crippen molar-refractivity contribution < 1.29 is 4.79 Å². The summed E-state index contributed by atoms with van der Waals surface area (Å²) < 4.78 is 0. The van der Waals surface area contributed by atoms with Crippen LogP contribution in [0, 0.1) is 0 Å². The van der Waals surface area contributed by atoms with Gasteiger partial charge in [-0.3, -0.25) is 4.79 Å². The molecule has 0 fully saturated rings. The van der Waals surface area contributed by atoms with Gasteiger partial charge in [-0.05, 0) is 31.4 Å². The second kappa shape index (κ2) is 8.36. The standard InChI is InChI=1S/C18H19ClN4OS/c1-12(7-8-13-5-3-2-4-6-13)21-16(24)11-25-18-22-15-9-14(19)10-20-17(15)23-18/h2-6,9-10,12H,7-8,11H2,1H3,(H,21,24)(H,20,22,23)/t12-/m1/s1. The van der Waals surface area contributed by atoms with Crippen molar-refractivity contribution in [1.29, 1.82) is 0 Å². The molecule has 0 radical (unpaired) electrons. The summed E-state index contributed by atoms with van der Waals surface area (Å²) in [5, 5.41) is 4.24. The first-order valence-corrected chi connectivity index (χ1v) is 9.44. The first-order chi connectivity index (χ1) is 12.1. The number of aromatic amines is 1. The molecule has 2 N–H and O–H groups in total. The van der Waals surface area contributed by atoms with Crippen LogP contribution in [0.15, 0.2) is 47.8 Å². The fourth-order valence-corrected chi connectivity index (χ4v) is 3.31. The molecule has 0 bridgehead atoms. The summed E-state index contributed by atoms with van der Waals surface area (Å²) in [6.07, 6.45) is 3.42. The van der Waals surface area contributed by atoms with Gasteiger partial charge in [-0.2, -0.15) is 0 Å². The number of nitrogens with one attached hydrogen (secondary N) is 2. The molecule has 2 heterocycles. The number of pyridine rings is 1. The smallest absolute Gasteiger partial charge is 0.230 e. The molecule has 7 heteroatoms. The van der Waals surface area contributed by atoms with Crippen molar-refractivity contribution in [3.8, 4) is 0 Å². The van der Waals surface area contributed by atoms with E-state index in [9.17, 15) is 4.79 Å². The van der Waals surface area contributed by atoms with Crippen LogP contribution in [-0.2, 0) is 11.2 Å². The monoisotopic (exact) mass is 374 g/mol. The summed E-state index contributed by atoms with van der Waals surface area (Å²) >= 11 is 7.26. The summed E-state index contributed by atoms with van der Waals surface area (Å²) in [5.41, 5.74) is 2.65. The number of fused-ring (bicyclic) bond motifs is 1. The molecule has 0 aliphatic heterocycles. The second-order valence-corrected chi connectivity index (χ2v) is 7.25. The van der Waals surface area contributed by atoms with Gasteiger partial charge in [0.05, 0.1) is 16.3 Å². The van der Waals surface area contributed by atoms with Gasteiger partial charge in [-0.15, -0.1) is 0 Å². The third kappa shape index (κ3) is 5.21. The van der Waals surface area contributed by atoms with Crippen molar-refractivity contribution in [3.05, 3.63) is 53.2 Å². The minimum atomic E-state index is -0.00277. The van der Waals surface area contributed by atoms with E-state index in [2.05, 4.69) is 32.4 Å². The highest BCUT2D eigenvalue weighted by atomic mass is 35.5. The zero-order valence-corrected chi connectivity index (χ0v) is 15.4. The van der Waals surface area contributed by atoms with Crippen molar-refractivity contribution in [2.45, 2.75) is 31.0 Å². The maximum atomic E-state index is 12.1. The average molecular weight is 375 g/mol. The van der Waals surface area contributed by atoms with Gasteiger partial charge in [-0.1, -0.05) is 53.7 Å². The van der Waals surface area contributed by atoms with E-state index in [0.717, 1.165) is 18.4 Å². The lowest BCUT2D eigenvalue weighted by Crippen LogP contribution is -2.34. The highest BCUT2D eigenvalue weighted by Gasteiger charge is 2.11. The lowest BCUT2D eigenvalue weighted by atomic mass is 10.1. The fourth-order valence-electron chi connectivity index (χ4n) is 2.47. The average Bonchev–Trinajstić information content (AvgIpc) is 3.01. The van der Waals surface area contributed by atoms with E-state index >= 15 is 0 Å². The van der Waals surface area contributed by atoms with Gasteiger partial charge >= 0.3 is 0 Å². The van der Waals surface area contributed by atoms with Crippen molar-refractivity contribution in [3.63, 3.8) is 0 Å². The highest BCUT2D eigenvalue weighted by molar-refractivity contribution is 7.99. The second-order valence-electron chi connectivity index (χ2n) is 5.85. The molecule has 0 spiro atoms. The Morgan fingerprint density at radius 2 is 2.16 bits per heavy atom. The van der Waals surface area contributed by atoms with Crippen LogP contribution in [-0.4, -0.2) is 32.7 Å². The molecular weight excluding hydrogens is 356 g/mol. The molecule has 2 aromatic heterocycles. The van der Waals surface area contributed by atoms with E-state index in [1.54, 1.807) is 12.3 Å². The quantitative estimate of drug-likeness (QED) is 0.616. The van der Waals surface area contributed by atoms with E-state index in [4.69, 9.17) is 11.6 Å². The van der Waals surface area contributed by atoms with Crippen LogP contribution in [0.4, 0.5) is 0 Å². The number of nitrogens with zero attached hydrogens (tertiary/aromatic N) is 2. The van der Waals surface area contributed by atoms with Crippen molar-refractivity contribution in [2.24, 2.45) is 0 Å². The molecule has 0 aliphatic rings. The van der Waals surface area contributed by atoms with E-state index in [1.807, 2.05) is 25.1 Å². The molecule has 130 valence electrons. The van der Waals surface area contributed by atoms with E-state index in [0.29, 0.717) is 21.6 Å². The number of carbonyl (C=O) groups excluding carboxylic acids is 1.